The third-order valence-corrected chi connectivity index (χ3v) is 8.88. The van der Waals surface area contributed by atoms with E-state index in [9.17, 15) is 18.0 Å². The van der Waals surface area contributed by atoms with Gasteiger partial charge in [0.2, 0.25) is 21.8 Å². The lowest BCUT2D eigenvalue weighted by molar-refractivity contribution is -0.140. The van der Waals surface area contributed by atoms with E-state index in [-0.39, 0.29) is 45.7 Å². The molecule has 0 aliphatic carbocycles. The van der Waals surface area contributed by atoms with Crippen LogP contribution in [0.5, 0.6) is 0 Å². The summed E-state index contributed by atoms with van der Waals surface area (Å²) in [6.45, 7) is 3.21. The predicted octanol–water partition coefficient (Wildman–Crippen LogP) is 6.62. The Morgan fingerprint density at radius 2 is 1.49 bits per heavy atom. The number of carbonyl (C=O) groups excluding carboxylic acids is 2. The number of amides is 2. The molecule has 3 aromatic rings. The van der Waals surface area contributed by atoms with Crippen LogP contribution in [0.2, 0.25) is 20.1 Å². The van der Waals surface area contributed by atoms with Gasteiger partial charge in [-0.15, -0.1) is 0 Å². The summed E-state index contributed by atoms with van der Waals surface area (Å²) in [5, 5.41) is 3.69. The number of benzene rings is 3. The van der Waals surface area contributed by atoms with Crippen LogP contribution >= 0.6 is 46.4 Å². The molecule has 0 saturated carbocycles. The molecule has 0 aliphatic rings. The minimum absolute atomic E-state index is 0.00257. The summed E-state index contributed by atoms with van der Waals surface area (Å²) in [6, 6.07) is 17.7. The Kier molecular flexibility index (Phi) is 11.8. The summed E-state index contributed by atoms with van der Waals surface area (Å²) in [5.41, 5.74) is 1.53. The zero-order valence-electron chi connectivity index (χ0n) is 22.8. The fourth-order valence-electron chi connectivity index (χ4n) is 4.08. The first-order chi connectivity index (χ1) is 19.3. The van der Waals surface area contributed by atoms with E-state index < -0.39 is 28.5 Å². The number of carbonyl (C=O) groups is 2. The van der Waals surface area contributed by atoms with Gasteiger partial charge in [0.25, 0.3) is 0 Å². The molecular weight excluding hydrogens is 628 g/mol. The lowest BCUT2D eigenvalue weighted by Crippen LogP contribution is -2.54. The molecule has 0 saturated heterocycles. The Hall–Kier alpha value is -2.49. The second-order valence-electron chi connectivity index (χ2n) is 9.66. The Balaban J connectivity index is 2.09. The quantitative estimate of drug-likeness (QED) is 0.222. The maximum Gasteiger partial charge on any atom is 0.244 e. The number of sulfonamides is 1. The van der Waals surface area contributed by atoms with Crippen LogP contribution in [0.3, 0.4) is 0 Å². The van der Waals surface area contributed by atoms with Gasteiger partial charge < -0.3 is 10.2 Å². The molecule has 12 heteroatoms. The van der Waals surface area contributed by atoms with Gasteiger partial charge in [0.15, 0.2) is 0 Å². The van der Waals surface area contributed by atoms with Crippen molar-refractivity contribution >= 4 is 73.9 Å². The fraction of sp³-hybridized carbons (Fsp3) is 0.310. The normalized spacial score (nSPS) is 12.9. The highest BCUT2D eigenvalue weighted by molar-refractivity contribution is 7.92. The summed E-state index contributed by atoms with van der Waals surface area (Å²) in [6.07, 6.45) is 1.85. The second-order valence-corrected chi connectivity index (χ2v) is 13.2. The van der Waals surface area contributed by atoms with Gasteiger partial charge in [-0.25, -0.2) is 8.42 Å². The van der Waals surface area contributed by atoms with Crippen molar-refractivity contribution in [3.63, 3.8) is 0 Å². The third-order valence-electron chi connectivity index (χ3n) is 6.48. The molecule has 41 heavy (non-hydrogen) atoms. The van der Waals surface area contributed by atoms with Crippen molar-refractivity contribution in [1.29, 1.82) is 0 Å². The molecule has 0 fully saturated rings. The van der Waals surface area contributed by atoms with Crippen LogP contribution in [-0.2, 0) is 32.6 Å². The highest BCUT2D eigenvalue weighted by Crippen LogP contribution is 2.35. The number of hydrogen-bond acceptors (Lipinski definition) is 4. The largest absolute Gasteiger partial charge is 0.352 e. The van der Waals surface area contributed by atoms with Gasteiger partial charge >= 0.3 is 0 Å². The first-order valence-electron chi connectivity index (χ1n) is 12.8. The maximum absolute atomic E-state index is 14.1. The molecule has 3 rings (SSSR count). The molecule has 2 atom stereocenters. The van der Waals surface area contributed by atoms with Crippen molar-refractivity contribution in [2.24, 2.45) is 0 Å². The third kappa shape index (κ3) is 9.25. The van der Waals surface area contributed by atoms with Crippen LogP contribution in [0.4, 0.5) is 5.69 Å². The maximum atomic E-state index is 14.1. The lowest BCUT2D eigenvalue weighted by atomic mass is 10.0. The summed E-state index contributed by atoms with van der Waals surface area (Å²) < 4.78 is 26.7. The lowest BCUT2D eigenvalue weighted by Gasteiger charge is -2.34. The van der Waals surface area contributed by atoms with E-state index in [0.29, 0.717) is 17.0 Å². The average molecular weight is 659 g/mol. The Morgan fingerprint density at radius 1 is 0.878 bits per heavy atom. The van der Waals surface area contributed by atoms with E-state index in [0.717, 1.165) is 16.1 Å². The number of hydrogen-bond donors (Lipinski definition) is 1. The van der Waals surface area contributed by atoms with E-state index >= 15 is 0 Å². The molecule has 0 bridgehead atoms. The zero-order chi connectivity index (χ0) is 30.3. The standard InChI is InChI=1S/C29H31Cl4N3O4S/c1-4-19(2)34-29(38)27(14-20-8-6-5-7-9-20)35(17-21-10-12-22(30)13-11-21)28(37)18-36(41(3,39)40)26-16-24(32)23(31)15-25(26)33/h5-13,15-16,19,27H,4,14,17-18H2,1-3H3,(H,34,38)/t19-,27-/m0/s1. The van der Waals surface area contributed by atoms with Crippen LogP contribution < -0.4 is 9.62 Å². The van der Waals surface area contributed by atoms with Crippen molar-refractivity contribution in [3.05, 3.63) is 97.9 Å². The molecule has 0 spiro atoms. The first-order valence-corrected chi connectivity index (χ1v) is 16.2. The summed E-state index contributed by atoms with van der Waals surface area (Å²) in [5.74, 6) is -0.975. The van der Waals surface area contributed by atoms with Crippen molar-refractivity contribution in [3.8, 4) is 0 Å². The van der Waals surface area contributed by atoms with E-state index in [1.165, 1.54) is 17.0 Å². The van der Waals surface area contributed by atoms with Gasteiger partial charge in [-0.3, -0.25) is 13.9 Å². The predicted molar refractivity (Wildman–Crippen MR) is 167 cm³/mol. The number of nitrogens with zero attached hydrogens (tertiary/aromatic N) is 2. The van der Waals surface area contributed by atoms with Crippen molar-refractivity contribution in [2.45, 2.75) is 45.3 Å². The molecule has 0 aromatic heterocycles. The van der Waals surface area contributed by atoms with Crippen LogP contribution in [0.25, 0.3) is 0 Å². The molecule has 1 N–H and O–H groups in total. The topological polar surface area (TPSA) is 86.8 Å². The SMILES string of the molecule is CC[C@H](C)NC(=O)[C@H](Cc1ccccc1)N(Cc1ccc(Cl)cc1)C(=O)CN(c1cc(Cl)c(Cl)cc1Cl)S(C)(=O)=O. The van der Waals surface area contributed by atoms with Crippen LogP contribution in [0, 0.1) is 0 Å². The average Bonchev–Trinajstić information content (AvgIpc) is 2.92. The second kappa shape index (κ2) is 14.6. The molecule has 0 heterocycles. The van der Waals surface area contributed by atoms with Gasteiger partial charge in [-0.1, -0.05) is 95.8 Å². The van der Waals surface area contributed by atoms with Gasteiger partial charge in [0.05, 0.1) is 27.0 Å². The highest BCUT2D eigenvalue weighted by Gasteiger charge is 2.34. The van der Waals surface area contributed by atoms with E-state index in [1.54, 1.807) is 24.3 Å². The molecule has 3 aromatic carbocycles. The smallest absolute Gasteiger partial charge is 0.244 e. The van der Waals surface area contributed by atoms with Crippen LogP contribution in [0.1, 0.15) is 31.4 Å². The fourth-order valence-corrected chi connectivity index (χ4v) is 5.75. The van der Waals surface area contributed by atoms with Crippen LogP contribution in [0.15, 0.2) is 66.7 Å². The zero-order valence-corrected chi connectivity index (χ0v) is 26.6. The number of nitrogens with one attached hydrogen (secondary N) is 1. The Bertz CT molecular complexity index is 1470. The molecule has 220 valence electrons. The molecular formula is C29H31Cl4N3O4S. The van der Waals surface area contributed by atoms with Gasteiger partial charge in [-0.05, 0) is 48.7 Å². The van der Waals surface area contributed by atoms with Gasteiger partial charge in [-0.2, -0.15) is 0 Å². The van der Waals surface area contributed by atoms with Crippen LogP contribution in [-0.4, -0.2) is 50.0 Å². The van der Waals surface area contributed by atoms with Crippen molar-refractivity contribution in [2.75, 3.05) is 17.1 Å². The Labute approximate surface area is 261 Å². The highest BCUT2D eigenvalue weighted by atomic mass is 35.5. The minimum Gasteiger partial charge on any atom is -0.352 e. The number of rotatable bonds is 12. The molecule has 0 radical (unpaired) electrons. The van der Waals surface area contributed by atoms with E-state index in [4.69, 9.17) is 46.4 Å². The van der Waals surface area contributed by atoms with Crippen molar-refractivity contribution in [1.82, 2.24) is 10.2 Å². The number of halogens is 4. The minimum atomic E-state index is -4.02. The van der Waals surface area contributed by atoms with Gasteiger partial charge in [0, 0.05) is 24.0 Å². The monoisotopic (exact) mass is 657 g/mol. The molecule has 7 nitrogen and oxygen atoms in total. The Morgan fingerprint density at radius 3 is 2.07 bits per heavy atom. The molecule has 0 aliphatic heterocycles. The van der Waals surface area contributed by atoms with Gasteiger partial charge in [0.1, 0.15) is 12.6 Å². The molecule has 0 unspecified atom stereocenters. The van der Waals surface area contributed by atoms with E-state index in [2.05, 4.69) is 5.32 Å². The van der Waals surface area contributed by atoms with Crippen molar-refractivity contribution < 1.29 is 18.0 Å². The summed E-state index contributed by atoms with van der Waals surface area (Å²) in [4.78, 5) is 29.2. The summed E-state index contributed by atoms with van der Waals surface area (Å²) in [7, 11) is -4.02. The number of anilines is 1. The first kappa shape index (κ1) is 33.0. The summed E-state index contributed by atoms with van der Waals surface area (Å²) >= 11 is 24.7. The molecule has 2 amide bonds. The van der Waals surface area contributed by atoms with E-state index in [1.807, 2.05) is 44.2 Å².